The van der Waals surface area contributed by atoms with Crippen LogP contribution in [0.15, 0.2) is 65.6 Å². The number of pyridine rings is 1. The maximum absolute atomic E-state index is 12.4. The van der Waals surface area contributed by atoms with Gasteiger partial charge in [0.2, 0.25) is 0 Å². The summed E-state index contributed by atoms with van der Waals surface area (Å²) < 4.78 is 1.88. The number of benzene rings is 2. The van der Waals surface area contributed by atoms with Crippen molar-refractivity contribution < 1.29 is 0 Å². The lowest BCUT2D eigenvalue weighted by molar-refractivity contribution is 0.207. The number of piperidine rings is 1. The van der Waals surface area contributed by atoms with E-state index in [0.29, 0.717) is 10.9 Å². The van der Waals surface area contributed by atoms with Gasteiger partial charge in [0, 0.05) is 34.7 Å². The first-order chi connectivity index (χ1) is 14.7. The Hall–Kier alpha value is -2.56. The molecule has 4 aromatic rings. The molecule has 5 rings (SSSR count). The Morgan fingerprint density at radius 1 is 1.00 bits per heavy atom. The van der Waals surface area contributed by atoms with Crippen LogP contribution in [0.25, 0.3) is 21.8 Å². The van der Waals surface area contributed by atoms with Gasteiger partial charge in [-0.05, 0) is 86.1 Å². The summed E-state index contributed by atoms with van der Waals surface area (Å²) >= 11 is 6.10. The van der Waals surface area contributed by atoms with Gasteiger partial charge in [-0.2, -0.15) is 0 Å². The Balaban J connectivity index is 1.20. The highest BCUT2D eigenvalue weighted by atomic mass is 35.5. The summed E-state index contributed by atoms with van der Waals surface area (Å²) in [5.41, 5.74) is 3.72. The average Bonchev–Trinajstić information content (AvgIpc) is 3.20. The van der Waals surface area contributed by atoms with E-state index in [1.807, 2.05) is 28.8 Å². The van der Waals surface area contributed by atoms with Gasteiger partial charge in [-0.1, -0.05) is 29.8 Å². The first kappa shape index (κ1) is 19.4. The number of aromatic amines is 1. The first-order valence-electron chi connectivity index (χ1n) is 10.8. The SMILES string of the molecule is O=c1ccc2cc(Cl)ccc2n1CCCN1CCC(c2c[nH]c3ccccc23)CC1. The number of hydrogen-bond acceptors (Lipinski definition) is 2. The van der Waals surface area contributed by atoms with Crippen molar-refractivity contribution in [3.63, 3.8) is 0 Å². The molecule has 0 saturated carbocycles. The number of H-pyrrole nitrogens is 1. The van der Waals surface area contributed by atoms with E-state index in [1.165, 1.54) is 29.3 Å². The second-order valence-corrected chi connectivity index (χ2v) is 8.72. The lowest BCUT2D eigenvalue weighted by Gasteiger charge is -2.32. The van der Waals surface area contributed by atoms with Crippen molar-refractivity contribution in [3.05, 3.63) is 81.7 Å². The van der Waals surface area contributed by atoms with Crippen molar-refractivity contribution in [3.8, 4) is 0 Å². The lowest BCUT2D eigenvalue weighted by atomic mass is 9.89. The zero-order valence-electron chi connectivity index (χ0n) is 17.0. The van der Waals surface area contributed by atoms with E-state index >= 15 is 0 Å². The summed E-state index contributed by atoms with van der Waals surface area (Å²) in [6.45, 7) is 3.99. The largest absolute Gasteiger partial charge is 0.361 e. The maximum atomic E-state index is 12.4. The molecule has 0 spiro atoms. The molecule has 2 aromatic carbocycles. The summed E-state index contributed by atoms with van der Waals surface area (Å²) in [7, 11) is 0. The summed E-state index contributed by atoms with van der Waals surface area (Å²) in [5.74, 6) is 0.628. The van der Waals surface area contributed by atoms with Crippen LogP contribution < -0.4 is 5.56 Å². The molecular formula is C25H26ClN3O. The Morgan fingerprint density at radius 3 is 2.70 bits per heavy atom. The number of fused-ring (bicyclic) bond motifs is 2. The normalized spacial score (nSPS) is 15.9. The van der Waals surface area contributed by atoms with Gasteiger partial charge in [0.1, 0.15) is 0 Å². The molecule has 1 fully saturated rings. The maximum Gasteiger partial charge on any atom is 0.251 e. The number of likely N-dealkylation sites (tertiary alicyclic amines) is 1. The van der Waals surface area contributed by atoms with Crippen molar-refractivity contribution in [2.45, 2.75) is 31.7 Å². The van der Waals surface area contributed by atoms with Crippen LogP contribution in [0.1, 0.15) is 30.7 Å². The van der Waals surface area contributed by atoms with Crippen molar-refractivity contribution in [2.24, 2.45) is 0 Å². The second-order valence-electron chi connectivity index (χ2n) is 8.29. The second kappa shape index (κ2) is 8.29. The molecule has 1 aliphatic rings. The molecule has 5 heteroatoms. The van der Waals surface area contributed by atoms with E-state index in [2.05, 4.69) is 40.3 Å². The third-order valence-corrected chi connectivity index (χ3v) is 6.69. The summed E-state index contributed by atoms with van der Waals surface area (Å²) in [4.78, 5) is 18.4. The minimum absolute atomic E-state index is 0.0582. The highest BCUT2D eigenvalue weighted by Gasteiger charge is 2.22. The molecule has 0 radical (unpaired) electrons. The third kappa shape index (κ3) is 3.78. The van der Waals surface area contributed by atoms with Crippen LogP contribution in [0, 0.1) is 0 Å². The van der Waals surface area contributed by atoms with Crippen LogP contribution in [-0.4, -0.2) is 34.1 Å². The predicted octanol–water partition coefficient (Wildman–Crippen LogP) is 5.41. The summed E-state index contributed by atoms with van der Waals surface area (Å²) in [6.07, 6.45) is 5.55. The fourth-order valence-electron chi connectivity index (χ4n) is 4.86. The van der Waals surface area contributed by atoms with Gasteiger partial charge in [0.25, 0.3) is 5.56 Å². The predicted molar refractivity (Wildman–Crippen MR) is 125 cm³/mol. The van der Waals surface area contributed by atoms with Crippen molar-refractivity contribution in [1.82, 2.24) is 14.5 Å². The number of aromatic nitrogens is 2. The Labute approximate surface area is 181 Å². The van der Waals surface area contributed by atoms with Crippen molar-refractivity contribution in [2.75, 3.05) is 19.6 Å². The van der Waals surface area contributed by atoms with Gasteiger partial charge in [-0.15, -0.1) is 0 Å². The van der Waals surface area contributed by atoms with E-state index in [0.717, 1.165) is 43.5 Å². The molecule has 2 aromatic heterocycles. The molecule has 0 amide bonds. The van der Waals surface area contributed by atoms with E-state index < -0.39 is 0 Å². The first-order valence-corrected chi connectivity index (χ1v) is 11.1. The van der Waals surface area contributed by atoms with Crippen LogP contribution in [0.4, 0.5) is 0 Å². The molecule has 0 bridgehead atoms. The lowest BCUT2D eigenvalue weighted by Crippen LogP contribution is -2.34. The number of aryl methyl sites for hydroxylation is 1. The molecule has 30 heavy (non-hydrogen) atoms. The monoisotopic (exact) mass is 419 g/mol. The summed E-state index contributed by atoms with van der Waals surface area (Å²) in [5, 5.41) is 3.08. The Kier molecular flexibility index (Phi) is 5.36. The van der Waals surface area contributed by atoms with E-state index in [-0.39, 0.29) is 5.56 Å². The number of para-hydroxylation sites is 1. The van der Waals surface area contributed by atoms with Gasteiger partial charge in [0.15, 0.2) is 0 Å². The molecule has 3 heterocycles. The van der Waals surface area contributed by atoms with Crippen LogP contribution in [0.5, 0.6) is 0 Å². The zero-order valence-corrected chi connectivity index (χ0v) is 17.7. The summed E-state index contributed by atoms with van der Waals surface area (Å²) in [6, 6.07) is 17.8. The zero-order chi connectivity index (χ0) is 20.5. The molecule has 0 unspecified atom stereocenters. The Morgan fingerprint density at radius 2 is 1.83 bits per heavy atom. The Bertz CT molecular complexity index is 1230. The average molecular weight is 420 g/mol. The van der Waals surface area contributed by atoms with Gasteiger partial charge in [0.05, 0.1) is 5.52 Å². The van der Waals surface area contributed by atoms with E-state index in [4.69, 9.17) is 11.6 Å². The smallest absolute Gasteiger partial charge is 0.251 e. The molecular weight excluding hydrogens is 394 g/mol. The minimum Gasteiger partial charge on any atom is -0.361 e. The molecule has 1 aliphatic heterocycles. The van der Waals surface area contributed by atoms with Crippen molar-refractivity contribution in [1.29, 1.82) is 0 Å². The van der Waals surface area contributed by atoms with Crippen LogP contribution in [-0.2, 0) is 6.54 Å². The molecule has 0 atom stereocenters. The minimum atomic E-state index is 0.0582. The van der Waals surface area contributed by atoms with E-state index in [9.17, 15) is 4.79 Å². The van der Waals surface area contributed by atoms with Crippen molar-refractivity contribution >= 4 is 33.4 Å². The number of hydrogen-bond donors (Lipinski definition) is 1. The van der Waals surface area contributed by atoms with E-state index in [1.54, 1.807) is 6.07 Å². The number of nitrogens with zero attached hydrogens (tertiary/aromatic N) is 2. The number of rotatable bonds is 5. The van der Waals surface area contributed by atoms with Gasteiger partial charge in [-0.25, -0.2) is 0 Å². The molecule has 4 nitrogen and oxygen atoms in total. The van der Waals surface area contributed by atoms with Crippen LogP contribution in [0.3, 0.4) is 0 Å². The molecule has 1 N–H and O–H groups in total. The topological polar surface area (TPSA) is 41.0 Å². The molecule has 154 valence electrons. The fraction of sp³-hybridized carbons (Fsp3) is 0.320. The standard InChI is InChI=1S/C25H26ClN3O/c26-20-7-8-24-19(16-20)6-9-25(30)29(24)13-3-12-28-14-10-18(11-15-28)22-17-27-23-5-2-1-4-21(22)23/h1-2,4-9,16-18,27H,3,10-15H2. The fourth-order valence-corrected chi connectivity index (χ4v) is 5.04. The highest BCUT2D eigenvalue weighted by Crippen LogP contribution is 2.33. The number of halogens is 1. The number of nitrogens with one attached hydrogen (secondary N) is 1. The van der Waals surface area contributed by atoms with Crippen LogP contribution in [0.2, 0.25) is 5.02 Å². The van der Waals surface area contributed by atoms with Crippen LogP contribution >= 0.6 is 11.6 Å². The third-order valence-electron chi connectivity index (χ3n) is 6.46. The van der Waals surface area contributed by atoms with Gasteiger partial charge >= 0.3 is 0 Å². The quantitative estimate of drug-likeness (QED) is 0.470. The van der Waals surface area contributed by atoms with Gasteiger partial charge in [-0.3, -0.25) is 4.79 Å². The molecule has 0 aliphatic carbocycles. The van der Waals surface area contributed by atoms with Gasteiger partial charge < -0.3 is 14.5 Å². The highest BCUT2D eigenvalue weighted by molar-refractivity contribution is 6.31. The molecule has 1 saturated heterocycles.